The van der Waals surface area contributed by atoms with E-state index in [0.717, 1.165) is 0 Å². The van der Waals surface area contributed by atoms with Gasteiger partial charge in [0.15, 0.2) is 0 Å². The molecule has 0 unspecified atom stereocenters. The van der Waals surface area contributed by atoms with Crippen LogP contribution in [0, 0.1) is 6.92 Å². The first-order valence-electron chi connectivity index (χ1n) is 5.06. The number of aromatic nitrogens is 2. The Kier molecular flexibility index (Phi) is 3.43. The van der Waals surface area contributed by atoms with Crippen molar-refractivity contribution < 1.29 is 14.6 Å². The molecule has 92 valence electrons. The highest BCUT2D eigenvalue weighted by Gasteiger charge is 2.13. The van der Waals surface area contributed by atoms with Gasteiger partial charge in [0.05, 0.1) is 0 Å². The van der Waals surface area contributed by atoms with Crippen molar-refractivity contribution in [3.63, 3.8) is 0 Å². The van der Waals surface area contributed by atoms with Crippen LogP contribution < -0.4 is 4.74 Å². The van der Waals surface area contributed by atoms with Gasteiger partial charge in [-0.15, -0.1) is 0 Å². The molecule has 1 heterocycles. The van der Waals surface area contributed by atoms with Crippen LogP contribution in [-0.4, -0.2) is 21.0 Å². The molecule has 0 spiro atoms. The first kappa shape index (κ1) is 12.3. The number of aryl methyl sites for hydroxylation is 1. The Morgan fingerprint density at radius 2 is 2.17 bits per heavy atom. The van der Waals surface area contributed by atoms with Crippen LogP contribution in [0.15, 0.2) is 30.5 Å². The highest BCUT2D eigenvalue weighted by Crippen LogP contribution is 2.26. The van der Waals surface area contributed by atoms with E-state index in [1.165, 1.54) is 18.3 Å². The highest BCUT2D eigenvalue weighted by atomic mass is 35.5. The number of benzene rings is 1. The third-order valence-electron chi connectivity index (χ3n) is 2.14. The topological polar surface area (TPSA) is 72.3 Å². The molecule has 0 bridgehead atoms. The zero-order chi connectivity index (χ0) is 13.1. The third kappa shape index (κ3) is 2.75. The van der Waals surface area contributed by atoms with E-state index in [1.54, 1.807) is 19.1 Å². The molecule has 1 N–H and O–H groups in total. The number of halogens is 1. The Balaban J connectivity index is 2.37. The van der Waals surface area contributed by atoms with Crippen molar-refractivity contribution >= 4 is 17.6 Å². The van der Waals surface area contributed by atoms with E-state index in [1.807, 2.05) is 0 Å². The number of ether oxygens (including phenoxy) is 1. The Bertz CT molecular complexity index is 602. The van der Waals surface area contributed by atoms with E-state index in [4.69, 9.17) is 21.4 Å². The monoisotopic (exact) mass is 264 g/mol. The van der Waals surface area contributed by atoms with Crippen LogP contribution >= 0.6 is 11.6 Å². The van der Waals surface area contributed by atoms with Crippen molar-refractivity contribution in [3.05, 3.63) is 46.9 Å². The standard InChI is InChI=1S/C12H9ClN2O3/c1-7-14-5-4-11(15-7)18-10-3-2-8(13)6-9(10)12(16)17/h2-6H,1H3,(H,16,17). The Labute approximate surface area is 108 Å². The summed E-state index contributed by atoms with van der Waals surface area (Å²) in [6.07, 6.45) is 1.54. The van der Waals surface area contributed by atoms with Gasteiger partial charge < -0.3 is 9.84 Å². The van der Waals surface area contributed by atoms with E-state index in [9.17, 15) is 4.79 Å². The van der Waals surface area contributed by atoms with Crippen molar-refractivity contribution in [2.45, 2.75) is 6.92 Å². The maximum atomic E-state index is 11.1. The summed E-state index contributed by atoms with van der Waals surface area (Å²) in [4.78, 5) is 19.0. The molecule has 18 heavy (non-hydrogen) atoms. The lowest BCUT2D eigenvalue weighted by Crippen LogP contribution is -2.01. The Hall–Kier alpha value is -2.14. The molecule has 0 amide bonds. The summed E-state index contributed by atoms with van der Waals surface area (Å²) in [5.74, 6) is -0.103. The summed E-state index contributed by atoms with van der Waals surface area (Å²) < 4.78 is 5.42. The van der Waals surface area contributed by atoms with Crippen molar-refractivity contribution in [2.75, 3.05) is 0 Å². The van der Waals surface area contributed by atoms with Crippen molar-refractivity contribution in [2.24, 2.45) is 0 Å². The van der Waals surface area contributed by atoms with Crippen LogP contribution in [0.2, 0.25) is 5.02 Å². The Morgan fingerprint density at radius 3 is 2.83 bits per heavy atom. The number of hydrogen-bond donors (Lipinski definition) is 1. The van der Waals surface area contributed by atoms with E-state index in [-0.39, 0.29) is 17.2 Å². The quantitative estimate of drug-likeness (QED) is 0.923. The first-order valence-corrected chi connectivity index (χ1v) is 5.44. The van der Waals surface area contributed by atoms with Gasteiger partial charge in [-0.3, -0.25) is 0 Å². The van der Waals surface area contributed by atoms with Crippen molar-refractivity contribution in [1.82, 2.24) is 9.97 Å². The molecule has 1 aromatic carbocycles. The minimum Gasteiger partial charge on any atom is -0.478 e. The molecule has 6 heteroatoms. The van der Waals surface area contributed by atoms with Crippen LogP contribution in [0.5, 0.6) is 11.6 Å². The average molecular weight is 265 g/mol. The molecule has 0 aliphatic carbocycles. The predicted octanol–water partition coefficient (Wildman–Crippen LogP) is 2.93. The summed E-state index contributed by atoms with van der Waals surface area (Å²) in [5.41, 5.74) is -0.0150. The number of hydrogen-bond acceptors (Lipinski definition) is 4. The van der Waals surface area contributed by atoms with Crippen LogP contribution in [0.1, 0.15) is 16.2 Å². The van der Waals surface area contributed by atoms with Gasteiger partial charge in [-0.1, -0.05) is 11.6 Å². The lowest BCUT2D eigenvalue weighted by Gasteiger charge is -2.08. The number of carbonyl (C=O) groups is 1. The number of aromatic carboxylic acids is 1. The minimum atomic E-state index is -1.11. The smallest absolute Gasteiger partial charge is 0.339 e. The second-order valence-electron chi connectivity index (χ2n) is 3.49. The lowest BCUT2D eigenvalue weighted by molar-refractivity contribution is 0.0694. The summed E-state index contributed by atoms with van der Waals surface area (Å²) >= 11 is 5.74. The second kappa shape index (κ2) is 5.01. The molecule has 2 rings (SSSR count). The fourth-order valence-corrected chi connectivity index (χ4v) is 1.53. The van der Waals surface area contributed by atoms with Crippen LogP contribution in [0.25, 0.3) is 0 Å². The minimum absolute atomic E-state index is 0.0150. The third-order valence-corrected chi connectivity index (χ3v) is 2.37. The first-order chi connectivity index (χ1) is 8.56. The summed E-state index contributed by atoms with van der Waals surface area (Å²) in [6.45, 7) is 1.72. The van der Waals surface area contributed by atoms with Gasteiger partial charge in [-0.05, 0) is 25.1 Å². The molecule has 0 aliphatic rings. The number of rotatable bonds is 3. The fraction of sp³-hybridized carbons (Fsp3) is 0.0833. The van der Waals surface area contributed by atoms with E-state index in [2.05, 4.69) is 9.97 Å². The average Bonchev–Trinajstić information content (AvgIpc) is 2.31. The molecule has 0 aliphatic heterocycles. The number of carboxylic acids is 1. The summed E-state index contributed by atoms with van der Waals surface area (Å²) in [7, 11) is 0. The SMILES string of the molecule is Cc1nccc(Oc2ccc(Cl)cc2C(=O)O)n1. The molecular weight excluding hydrogens is 256 g/mol. The Morgan fingerprint density at radius 1 is 1.39 bits per heavy atom. The van der Waals surface area contributed by atoms with Crippen molar-refractivity contribution in [1.29, 1.82) is 0 Å². The van der Waals surface area contributed by atoms with Crippen LogP contribution in [0.4, 0.5) is 0 Å². The number of carboxylic acid groups (broad SMARTS) is 1. The highest BCUT2D eigenvalue weighted by molar-refractivity contribution is 6.31. The second-order valence-corrected chi connectivity index (χ2v) is 3.93. The van der Waals surface area contributed by atoms with E-state index in [0.29, 0.717) is 10.8 Å². The zero-order valence-electron chi connectivity index (χ0n) is 9.42. The molecule has 1 aromatic heterocycles. The molecule has 2 aromatic rings. The van der Waals surface area contributed by atoms with Gasteiger partial charge in [0.2, 0.25) is 5.88 Å². The number of nitrogens with zero attached hydrogens (tertiary/aromatic N) is 2. The van der Waals surface area contributed by atoms with Gasteiger partial charge in [-0.25, -0.2) is 9.78 Å². The maximum Gasteiger partial charge on any atom is 0.339 e. The summed E-state index contributed by atoms with van der Waals surface area (Å²) in [5, 5.41) is 9.38. The van der Waals surface area contributed by atoms with Crippen molar-refractivity contribution in [3.8, 4) is 11.6 Å². The summed E-state index contributed by atoms with van der Waals surface area (Å²) in [6, 6.07) is 5.92. The largest absolute Gasteiger partial charge is 0.478 e. The lowest BCUT2D eigenvalue weighted by atomic mass is 10.2. The van der Waals surface area contributed by atoms with E-state index < -0.39 is 5.97 Å². The van der Waals surface area contributed by atoms with Gasteiger partial charge in [0.1, 0.15) is 17.1 Å². The molecule has 0 radical (unpaired) electrons. The van der Waals surface area contributed by atoms with Gasteiger partial charge in [-0.2, -0.15) is 4.98 Å². The molecule has 0 saturated carbocycles. The van der Waals surface area contributed by atoms with E-state index >= 15 is 0 Å². The zero-order valence-corrected chi connectivity index (χ0v) is 10.2. The van der Waals surface area contributed by atoms with Crippen LogP contribution in [-0.2, 0) is 0 Å². The maximum absolute atomic E-state index is 11.1. The predicted molar refractivity (Wildman–Crippen MR) is 65.3 cm³/mol. The fourth-order valence-electron chi connectivity index (χ4n) is 1.36. The van der Waals surface area contributed by atoms with Gasteiger partial charge in [0, 0.05) is 17.3 Å². The van der Waals surface area contributed by atoms with Crippen LogP contribution in [0.3, 0.4) is 0 Å². The van der Waals surface area contributed by atoms with Gasteiger partial charge >= 0.3 is 5.97 Å². The van der Waals surface area contributed by atoms with Gasteiger partial charge in [0.25, 0.3) is 0 Å². The molecular formula is C12H9ClN2O3. The molecule has 0 fully saturated rings. The molecule has 5 nitrogen and oxygen atoms in total. The normalized spacial score (nSPS) is 10.1. The molecule has 0 saturated heterocycles. The molecule has 0 atom stereocenters.